The van der Waals surface area contributed by atoms with Crippen LogP contribution in [-0.2, 0) is 20.7 Å². The van der Waals surface area contributed by atoms with E-state index >= 15 is 0 Å². The van der Waals surface area contributed by atoms with E-state index in [4.69, 9.17) is 9.47 Å². The molecule has 9 nitrogen and oxygen atoms in total. The van der Waals surface area contributed by atoms with E-state index in [-0.39, 0.29) is 17.7 Å². The first-order chi connectivity index (χ1) is 13.8. The summed E-state index contributed by atoms with van der Waals surface area (Å²) >= 11 is 1.22. The molecule has 0 bridgehead atoms. The van der Waals surface area contributed by atoms with Crippen molar-refractivity contribution in [3.8, 4) is 0 Å². The molecule has 0 atom stereocenters. The molecule has 1 amide bonds. The van der Waals surface area contributed by atoms with Crippen LogP contribution in [0.5, 0.6) is 0 Å². The van der Waals surface area contributed by atoms with Crippen LogP contribution >= 0.6 is 11.3 Å². The molecule has 154 valence electrons. The minimum atomic E-state index is -0.991. The number of hydrogen-bond acceptors (Lipinski definition) is 8. The molecule has 0 saturated heterocycles. The number of carbonyl (C=O) groups excluding carboxylic acids is 3. The molecule has 0 aliphatic rings. The number of para-hydroxylation sites is 1. The van der Waals surface area contributed by atoms with E-state index < -0.39 is 35.1 Å². The number of anilines is 1. The number of amides is 1. The number of thiophene rings is 1. The van der Waals surface area contributed by atoms with Crippen LogP contribution in [0.2, 0.25) is 0 Å². The molecule has 0 aliphatic carbocycles. The van der Waals surface area contributed by atoms with Crippen LogP contribution in [0.15, 0.2) is 24.3 Å². The maximum Gasteiger partial charge on any atom is 0.345 e. The van der Waals surface area contributed by atoms with E-state index in [1.165, 1.54) is 35.6 Å². The number of nitro benzene ring substituents is 1. The third kappa shape index (κ3) is 5.17. The number of hydrogen-bond donors (Lipinski definition) is 1. The lowest BCUT2D eigenvalue weighted by atomic mass is 10.1. The van der Waals surface area contributed by atoms with Crippen molar-refractivity contribution in [3.63, 3.8) is 0 Å². The lowest BCUT2D eigenvalue weighted by Crippen LogP contribution is -2.22. The first-order valence-electron chi connectivity index (χ1n) is 8.79. The lowest BCUT2D eigenvalue weighted by Gasteiger charge is -2.08. The maximum atomic E-state index is 12.3. The summed E-state index contributed by atoms with van der Waals surface area (Å²) in [7, 11) is 0. The van der Waals surface area contributed by atoms with Crippen LogP contribution in [0.3, 0.4) is 0 Å². The van der Waals surface area contributed by atoms with Gasteiger partial charge in [0.05, 0.1) is 17.1 Å². The lowest BCUT2D eigenvalue weighted by molar-refractivity contribution is -0.385. The molecule has 0 radical (unpaired) electrons. The second-order valence-corrected chi connectivity index (χ2v) is 7.04. The van der Waals surface area contributed by atoms with Gasteiger partial charge >= 0.3 is 11.9 Å². The monoisotopic (exact) mass is 420 g/mol. The number of ether oxygens (including phenoxy) is 2. The zero-order valence-electron chi connectivity index (χ0n) is 16.1. The van der Waals surface area contributed by atoms with E-state index in [1.54, 1.807) is 6.92 Å². The first kappa shape index (κ1) is 22.0. The van der Waals surface area contributed by atoms with Crippen LogP contribution < -0.4 is 5.32 Å². The molecule has 0 unspecified atom stereocenters. The largest absolute Gasteiger partial charge is 0.462 e. The van der Waals surface area contributed by atoms with Crippen LogP contribution in [0.1, 0.15) is 45.0 Å². The molecular formula is C19H20N2O7S. The van der Waals surface area contributed by atoms with Gasteiger partial charge in [-0.15, -0.1) is 11.3 Å². The summed E-state index contributed by atoms with van der Waals surface area (Å²) in [6.45, 7) is 4.93. The predicted octanol–water partition coefficient (Wildman–Crippen LogP) is 3.50. The summed E-state index contributed by atoms with van der Waals surface area (Å²) < 4.78 is 9.96. The zero-order valence-corrected chi connectivity index (χ0v) is 17.0. The Morgan fingerprint density at radius 1 is 1.14 bits per heavy atom. The van der Waals surface area contributed by atoms with Crippen molar-refractivity contribution in [2.24, 2.45) is 0 Å². The maximum absolute atomic E-state index is 12.3. The fraction of sp³-hybridized carbons (Fsp3) is 0.316. The number of esters is 2. The Morgan fingerprint density at radius 2 is 1.83 bits per heavy atom. The molecule has 2 aromatic rings. The van der Waals surface area contributed by atoms with Crippen molar-refractivity contribution in [1.29, 1.82) is 0 Å². The molecule has 1 aromatic heterocycles. The van der Waals surface area contributed by atoms with E-state index in [0.717, 1.165) is 10.4 Å². The smallest absolute Gasteiger partial charge is 0.345 e. The van der Waals surface area contributed by atoms with Gasteiger partial charge in [0.1, 0.15) is 10.6 Å². The van der Waals surface area contributed by atoms with Crippen molar-refractivity contribution in [2.45, 2.75) is 27.2 Å². The van der Waals surface area contributed by atoms with Gasteiger partial charge in [0.2, 0.25) is 0 Å². The van der Waals surface area contributed by atoms with Crippen LogP contribution in [0, 0.1) is 17.0 Å². The second-order valence-electron chi connectivity index (χ2n) is 5.81. The molecule has 2 rings (SSSR count). The summed E-state index contributed by atoms with van der Waals surface area (Å²) in [5, 5.41) is 13.9. The predicted molar refractivity (Wildman–Crippen MR) is 106 cm³/mol. The molecule has 1 N–H and O–H groups in total. The van der Waals surface area contributed by atoms with Crippen LogP contribution in [-0.4, -0.2) is 36.0 Å². The quantitative estimate of drug-likeness (QED) is 0.393. The van der Waals surface area contributed by atoms with Crippen molar-refractivity contribution >= 4 is 39.9 Å². The van der Waals surface area contributed by atoms with Crippen molar-refractivity contribution in [3.05, 3.63) is 55.9 Å². The molecule has 0 spiro atoms. The minimum absolute atomic E-state index is 0.192. The fourth-order valence-electron chi connectivity index (χ4n) is 2.69. The van der Waals surface area contributed by atoms with Gasteiger partial charge in [0.25, 0.3) is 11.6 Å². The Morgan fingerprint density at radius 3 is 2.45 bits per heavy atom. The molecule has 0 saturated carbocycles. The summed E-state index contributed by atoms with van der Waals surface area (Å²) in [5.74, 6) is -2.21. The van der Waals surface area contributed by atoms with Gasteiger partial charge in [0, 0.05) is 10.9 Å². The Kier molecular flexibility index (Phi) is 7.43. The average molecular weight is 420 g/mol. The molecule has 10 heteroatoms. The number of nitrogens with one attached hydrogen (secondary N) is 1. The standard InChI is InChI=1S/C19H20N2O7S/c1-4-12-11(3)29-17(16(12)19(24)27-5-2)20-15(22)10-28-18(23)13-8-6-7-9-14(13)21(25)26/h6-9H,4-5,10H2,1-3H3,(H,20,22). The fourth-order valence-corrected chi connectivity index (χ4v) is 3.84. The number of benzene rings is 1. The Labute approximate surface area is 170 Å². The van der Waals surface area contributed by atoms with Gasteiger partial charge in [-0.25, -0.2) is 9.59 Å². The highest BCUT2D eigenvalue weighted by atomic mass is 32.1. The van der Waals surface area contributed by atoms with E-state index in [1.807, 2.05) is 13.8 Å². The van der Waals surface area contributed by atoms with E-state index in [2.05, 4.69) is 5.32 Å². The highest BCUT2D eigenvalue weighted by molar-refractivity contribution is 7.16. The second kappa shape index (κ2) is 9.78. The topological polar surface area (TPSA) is 125 Å². The van der Waals surface area contributed by atoms with E-state index in [0.29, 0.717) is 11.4 Å². The summed E-state index contributed by atoms with van der Waals surface area (Å²) in [6.07, 6.45) is 0.582. The normalized spacial score (nSPS) is 10.3. The van der Waals surface area contributed by atoms with Crippen molar-refractivity contribution in [1.82, 2.24) is 0 Å². The van der Waals surface area contributed by atoms with Gasteiger partial charge in [0.15, 0.2) is 6.61 Å². The first-order valence-corrected chi connectivity index (χ1v) is 9.61. The summed E-state index contributed by atoms with van der Waals surface area (Å²) in [6, 6.07) is 5.29. The number of carbonyl (C=O) groups is 3. The van der Waals surface area contributed by atoms with Crippen LogP contribution in [0.25, 0.3) is 0 Å². The Hall–Kier alpha value is -3.27. The number of aryl methyl sites for hydroxylation is 1. The van der Waals surface area contributed by atoms with Crippen molar-refractivity contribution < 1.29 is 28.8 Å². The molecule has 1 heterocycles. The summed E-state index contributed by atoms with van der Waals surface area (Å²) in [5.41, 5.74) is 0.401. The van der Waals surface area contributed by atoms with Gasteiger partial charge in [-0.05, 0) is 31.9 Å². The SMILES string of the molecule is CCOC(=O)c1c(NC(=O)COC(=O)c2ccccc2[N+](=O)[O-])sc(C)c1CC. The molecule has 0 aliphatic heterocycles. The third-order valence-electron chi connectivity index (χ3n) is 3.95. The summed E-state index contributed by atoms with van der Waals surface area (Å²) in [4.78, 5) is 47.8. The highest BCUT2D eigenvalue weighted by Crippen LogP contribution is 2.34. The van der Waals surface area contributed by atoms with Crippen LogP contribution in [0.4, 0.5) is 10.7 Å². The number of rotatable bonds is 8. The zero-order chi connectivity index (χ0) is 21.6. The molecular weight excluding hydrogens is 400 g/mol. The average Bonchev–Trinajstić information content (AvgIpc) is 3.00. The van der Waals surface area contributed by atoms with Gasteiger partial charge < -0.3 is 14.8 Å². The minimum Gasteiger partial charge on any atom is -0.462 e. The Bertz CT molecular complexity index is 952. The van der Waals surface area contributed by atoms with Crippen molar-refractivity contribution in [2.75, 3.05) is 18.5 Å². The Balaban J connectivity index is 2.11. The van der Waals surface area contributed by atoms with E-state index in [9.17, 15) is 24.5 Å². The van der Waals surface area contributed by atoms with Gasteiger partial charge in [-0.2, -0.15) is 0 Å². The highest BCUT2D eigenvalue weighted by Gasteiger charge is 2.25. The number of nitrogens with zero attached hydrogens (tertiary/aromatic N) is 1. The van der Waals surface area contributed by atoms with Gasteiger partial charge in [-0.3, -0.25) is 14.9 Å². The van der Waals surface area contributed by atoms with Gasteiger partial charge in [-0.1, -0.05) is 19.1 Å². The molecule has 0 fully saturated rings. The number of nitro groups is 1. The molecule has 29 heavy (non-hydrogen) atoms. The molecule has 1 aromatic carbocycles. The third-order valence-corrected chi connectivity index (χ3v) is 5.01.